The molecule has 1 aromatic rings. The first-order chi connectivity index (χ1) is 10.6. The zero-order valence-corrected chi connectivity index (χ0v) is 13.1. The van der Waals surface area contributed by atoms with Crippen molar-refractivity contribution < 1.29 is 23.9 Å². The van der Waals surface area contributed by atoms with E-state index in [2.05, 4.69) is 5.32 Å². The highest BCUT2D eigenvalue weighted by atomic mass is 32.1. The molecule has 1 aliphatic rings. The van der Waals surface area contributed by atoms with Gasteiger partial charge in [-0.15, -0.1) is 11.3 Å². The Morgan fingerprint density at radius 2 is 2.32 bits per heavy atom. The maximum Gasteiger partial charge on any atom is 0.415 e. The van der Waals surface area contributed by atoms with Crippen molar-refractivity contribution in [3.63, 3.8) is 0 Å². The number of hydrogen-bond donors (Lipinski definition) is 1. The van der Waals surface area contributed by atoms with Crippen molar-refractivity contribution in [1.82, 2.24) is 5.32 Å². The number of anilines is 1. The SMILES string of the molecule is CCOC(=O)CCC(=O)NCC1CN(c2cccs2)C(=O)O1. The van der Waals surface area contributed by atoms with Crippen molar-refractivity contribution in [3.05, 3.63) is 17.5 Å². The maximum atomic E-state index is 11.8. The number of esters is 1. The third-order valence-electron chi connectivity index (χ3n) is 3.03. The van der Waals surface area contributed by atoms with Crippen LogP contribution in [0.15, 0.2) is 17.5 Å². The Morgan fingerprint density at radius 1 is 1.50 bits per heavy atom. The minimum atomic E-state index is -0.409. The molecule has 2 rings (SSSR count). The molecule has 1 unspecified atom stereocenters. The van der Waals surface area contributed by atoms with Gasteiger partial charge in [-0.1, -0.05) is 0 Å². The lowest BCUT2D eigenvalue weighted by Crippen LogP contribution is -2.34. The predicted molar refractivity (Wildman–Crippen MR) is 80.8 cm³/mol. The number of carbonyl (C=O) groups is 3. The van der Waals surface area contributed by atoms with Crippen LogP contribution in [0.25, 0.3) is 0 Å². The van der Waals surface area contributed by atoms with Gasteiger partial charge in [0.1, 0.15) is 11.1 Å². The Balaban J connectivity index is 1.70. The Morgan fingerprint density at radius 3 is 3.00 bits per heavy atom. The molecular weight excluding hydrogens is 308 g/mol. The van der Waals surface area contributed by atoms with Crippen LogP contribution in [-0.2, 0) is 19.1 Å². The maximum absolute atomic E-state index is 11.8. The molecule has 22 heavy (non-hydrogen) atoms. The molecule has 120 valence electrons. The number of thiophene rings is 1. The lowest BCUT2D eigenvalue weighted by molar-refractivity contribution is -0.144. The molecule has 0 aliphatic carbocycles. The molecule has 7 nitrogen and oxygen atoms in total. The summed E-state index contributed by atoms with van der Waals surface area (Å²) in [6, 6.07) is 3.70. The van der Waals surface area contributed by atoms with Gasteiger partial charge in [0.25, 0.3) is 0 Å². The summed E-state index contributed by atoms with van der Waals surface area (Å²) in [7, 11) is 0. The van der Waals surface area contributed by atoms with Crippen LogP contribution in [0.4, 0.5) is 9.80 Å². The van der Waals surface area contributed by atoms with Gasteiger partial charge in [-0.25, -0.2) is 4.79 Å². The van der Waals surface area contributed by atoms with E-state index in [9.17, 15) is 14.4 Å². The van der Waals surface area contributed by atoms with Crippen molar-refractivity contribution in [3.8, 4) is 0 Å². The fraction of sp³-hybridized carbons (Fsp3) is 0.500. The van der Waals surface area contributed by atoms with Gasteiger partial charge in [0.15, 0.2) is 0 Å². The van der Waals surface area contributed by atoms with Crippen LogP contribution in [0.5, 0.6) is 0 Å². The molecule has 0 radical (unpaired) electrons. The summed E-state index contributed by atoms with van der Waals surface area (Å²) >= 11 is 1.45. The summed E-state index contributed by atoms with van der Waals surface area (Å²) in [6.07, 6.45) is -0.686. The summed E-state index contributed by atoms with van der Waals surface area (Å²) in [4.78, 5) is 36.1. The smallest absolute Gasteiger partial charge is 0.415 e. The van der Waals surface area contributed by atoms with Crippen molar-refractivity contribution in [2.24, 2.45) is 0 Å². The van der Waals surface area contributed by atoms with E-state index in [0.29, 0.717) is 13.2 Å². The molecule has 1 atom stereocenters. The van der Waals surface area contributed by atoms with Crippen LogP contribution in [0, 0.1) is 0 Å². The van der Waals surface area contributed by atoms with Gasteiger partial charge in [0.05, 0.1) is 26.1 Å². The van der Waals surface area contributed by atoms with E-state index in [1.165, 1.54) is 11.3 Å². The van der Waals surface area contributed by atoms with Crippen LogP contribution >= 0.6 is 11.3 Å². The normalized spacial score (nSPS) is 17.2. The number of rotatable bonds is 7. The molecule has 1 fully saturated rings. The second-order valence-electron chi connectivity index (χ2n) is 4.68. The lowest BCUT2D eigenvalue weighted by Gasteiger charge is -2.10. The van der Waals surface area contributed by atoms with E-state index < -0.39 is 12.1 Å². The monoisotopic (exact) mass is 326 g/mol. The number of nitrogens with zero attached hydrogens (tertiary/aromatic N) is 1. The van der Waals surface area contributed by atoms with Crippen molar-refractivity contribution >= 4 is 34.3 Å². The highest BCUT2D eigenvalue weighted by Crippen LogP contribution is 2.25. The quantitative estimate of drug-likeness (QED) is 0.768. The molecule has 0 aromatic carbocycles. The van der Waals surface area contributed by atoms with E-state index in [-0.39, 0.29) is 31.4 Å². The third kappa shape index (κ3) is 4.45. The van der Waals surface area contributed by atoms with Gasteiger partial charge in [-0.2, -0.15) is 0 Å². The predicted octanol–water partition coefficient (Wildman–Crippen LogP) is 1.53. The van der Waals surface area contributed by atoms with Crippen LogP contribution in [0.2, 0.25) is 0 Å². The van der Waals surface area contributed by atoms with E-state index in [1.54, 1.807) is 11.8 Å². The first-order valence-electron chi connectivity index (χ1n) is 7.04. The fourth-order valence-corrected chi connectivity index (χ4v) is 2.73. The van der Waals surface area contributed by atoms with Gasteiger partial charge < -0.3 is 14.8 Å². The van der Waals surface area contributed by atoms with Gasteiger partial charge in [-0.3, -0.25) is 14.5 Å². The molecule has 0 spiro atoms. The average molecular weight is 326 g/mol. The molecule has 8 heteroatoms. The molecule has 1 saturated heterocycles. The molecule has 2 amide bonds. The molecule has 1 aromatic heterocycles. The summed E-state index contributed by atoms with van der Waals surface area (Å²) in [5.74, 6) is -0.660. The summed E-state index contributed by atoms with van der Waals surface area (Å²) in [5.41, 5.74) is 0. The van der Waals surface area contributed by atoms with Gasteiger partial charge in [0.2, 0.25) is 5.91 Å². The van der Waals surface area contributed by atoms with Crippen LogP contribution < -0.4 is 10.2 Å². The molecular formula is C14H18N2O5S. The van der Waals surface area contributed by atoms with Crippen LogP contribution in [0.3, 0.4) is 0 Å². The van der Waals surface area contributed by atoms with E-state index in [4.69, 9.17) is 9.47 Å². The number of amides is 2. The van der Waals surface area contributed by atoms with Gasteiger partial charge in [0, 0.05) is 6.42 Å². The minimum Gasteiger partial charge on any atom is -0.466 e. The largest absolute Gasteiger partial charge is 0.466 e. The Hall–Kier alpha value is -2.09. The van der Waals surface area contributed by atoms with Crippen molar-refractivity contribution in [2.45, 2.75) is 25.9 Å². The number of carbonyl (C=O) groups excluding carboxylic acids is 3. The first kappa shape index (κ1) is 16.3. The number of nitrogens with one attached hydrogen (secondary N) is 1. The minimum absolute atomic E-state index is 0.0471. The van der Waals surface area contributed by atoms with E-state index in [0.717, 1.165) is 5.00 Å². The zero-order valence-electron chi connectivity index (χ0n) is 12.2. The second-order valence-corrected chi connectivity index (χ2v) is 5.60. The standard InChI is InChI=1S/C14H18N2O5S/c1-2-20-13(18)6-5-11(17)15-8-10-9-16(14(19)21-10)12-4-3-7-22-12/h3-4,7,10H,2,5-6,8-9H2,1H3,(H,15,17). The van der Waals surface area contributed by atoms with E-state index >= 15 is 0 Å². The van der Waals surface area contributed by atoms with Crippen molar-refractivity contribution in [1.29, 1.82) is 0 Å². The van der Waals surface area contributed by atoms with Crippen molar-refractivity contribution in [2.75, 3.05) is 24.6 Å². The highest BCUT2D eigenvalue weighted by Gasteiger charge is 2.32. The average Bonchev–Trinajstić information content (AvgIpc) is 3.12. The lowest BCUT2D eigenvalue weighted by atomic mass is 10.3. The Labute approximate surface area is 132 Å². The summed E-state index contributed by atoms with van der Waals surface area (Å²) in [6.45, 7) is 2.65. The number of cyclic esters (lactones) is 1. The molecule has 2 heterocycles. The topological polar surface area (TPSA) is 84.9 Å². The molecule has 0 saturated carbocycles. The highest BCUT2D eigenvalue weighted by molar-refractivity contribution is 7.14. The fourth-order valence-electron chi connectivity index (χ4n) is 2.00. The Kier molecular flexibility index (Phi) is 5.76. The van der Waals surface area contributed by atoms with E-state index in [1.807, 2.05) is 17.5 Å². The van der Waals surface area contributed by atoms with Gasteiger partial charge in [-0.05, 0) is 24.4 Å². The zero-order chi connectivity index (χ0) is 15.9. The summed E-state index contributed by atoms with van der Waals surface area (Å²) < 4.78 is 9.95. The summed E-state index contributed by atoms with van der Waals surface area (Å²) in [5, 5.41) is 5.36. The first-order valence-corrected chi connectivity index (χ1v) is 7.92. The van der Waals surface area contributed by atoms with Crippen LogP contribution in [-0.4, -0.2) is 43.8 Å². The van der Waals surface area contributed by atoms with Gasteiger partial charge >= 0.3 is 12.1 Å². The number of hydrogen-bond acceptors (Lipinski definition) is 6. The molecule has 1 aliphatic heterocycles. The Bertz CT molecular complexity index is 531. The third-order valence-corrected chi connectivity index (χ3v) is 3.93. The molecule has 0 bridgehead atoms. The second kappa shape index (κ2) is 7.79. The van der Waals surface area contributed by atoms with Crippen LogP contribution in [0.1, 0.15) is 19.8 Å². The molecule has 1 N–H and O–H groups in total. The number of ether oxygens (including phenoxy) is 2.